The van der Waals surface area contributed by atoms with Crippen LogP contribution in [0.3, 0.4) is 0 Å². The van der Waals surface area contributed by atoms with E-state index in [2.05, 4.69) is 32.4 Å². The Labute approximate surface area is 147 Å². The van der Waals surface area contributed by atoms with E-state index < -0.39 is 0 Å². The van der Waals surface area contributed by atoms with E-state index in [9.17, 15) is 0 Å². The summed E-state index contributed by atoms with van der Waals surface area (Å²) in [5, 5.41) is 0. The van der Waals surface area contributed by atoms with Gasteiger partial charge in [-0.05, 0) is 30.2 Å². The number of nitrogens with two attached hydrogens (primary N) is 1. The summed E-state index contributed by atoms with van der Waals surface area (Å²) in [6, 6.07) is 6.27. The Morgan fingerprint density at radius 2 is 2.04 bits per heavy atom. The van der Waals surface area contributed by atoms with Crippen LogP contribution in [-0.4, -0.2) is 29.2 Å². The van der Waals surface area contributed by atoms with Crippen molar-refractivity contribution in [2.75, 3.05) is 23.4 Å². The normalized spacial score (nSPS) is 17.4. The molecule has 2 aliphatic heterocycles. The van der Waals surface area contributed by atoms with Gasteiger partial charge in [0.15, 0.2) is 0 Å². The Morgan fingerprint density at radius 3 is 2.84 bits per heavy atom. The van der Waals surface area contributed by atoms with Gasteiger partial charge in [-0.2, -0.15) is 4.98 Å². The van der Waals surface area contributed by atoms with Gasteiger partial charge in [0.05, 0.1) is 13.2 Å². The van der Waals surface area contributed by atoms with Gasteiger partial charge < -0.3 is 14.4 Å². The lowest BCUT2D eigenvalue weighted by atomic mass is 10.1. The fourth-order valence-electron chi connectivity index (χ4n) is 3.42. The molecule has 0 atom stereocenters. The number of aromatic nitrogens is 2. The second-order valence-corrected chi connectivity index (χ2v) is 6.57. The molecule has 0 aliphatic carbocycles. The highest BCUT2D eigenvalue weighted by Crippen LogP contribution is 2.28. The molecule has 1 fully saturated rings. The second-order valence-electron chi connectivity index (χ2n) is 6.57. The molecule has 3 heterocycles. The zero-order chi connectivity index (χ0) is 17.2. The molecule has 2 aliphatic rings. The number of fused-ring (bicyclic) bond motifs is 1. The standard InChI is InChI=1S/C18H23N5O2/c1-12-9-20-18(22-19)21-17(12)23-6-4-15(5-7-23)25-16-3-2-13-10-24-11-14(13)8-16/h2-3,8-9,15H,4-7,10-11,19H2,1H3,(H,20,21,22). The van der Waals surface area contributed by atoms with Crippen molar-refractivity contribution in [2.24, 2.45) is 5.84 Å². The molecular formula is C18H23N5O2. The minimum atomic E-state index is 0.228. The maximum atomic E-state index is 6.19. The molecule has 1 saturated heterocycles. The Balaban J connectivity index is 1.38. The van der Waals surface area contributed by atoms with E-state index in [0.29, 0.717) is 19.2 Å². The quantitative estimate of drug-likeness (QED) is 0.651. The van der Waals surface area contributed by atoms with Crippen molar-refractivity contribution in [1.29, 1.82) is 0 Å². The van der Waals surface area contributed by atoms with E-state index in [1.807, 2.05) is 13.0 Å². The first kappa shape index (κ1) is 16.1. The van der Waals surface area contributed by atoms with Crippen LogP contribution in [0.25, 0.3) is 0 Å². The molecule has 0 saturated carbocycles. The van der Waals surface area contributed by atoms with Gasteiger partial charge in [-0.1, -0.05) is 6.07 Å². The van der Waals surface area contributed by atoms with Crippen molar-refractivity contribution < 1.29 is 9.47 Å². The lowest BCUT2D eigenvalue weighted by Gasteiger charge is -2.33. The van der Waals surface area contributed by atoms with Gasteiger partial charge in [0.25, 0.3) is 0 Å². The summed E-state index contributed by atoms with van der Waals surface area (Å²) in [4.78, 5) is 10.9. The SMILES string of the molecule is Cc1cnc(NN)nc1N1CCC(Oc2ccc3c(c2)COC3)CC1. The minimum absolute atomic E-state index is 0.228. The predicted octanol–water partition coefficient (Wildman–Crippen LogP) is 2.15. The average Bonchev–Trinajstić information content (AvgIpc) is 3.11. The molecule has 0 unspecified atom stereocenters. The van der Waals surface area contributed by atoms with Gasteiger partial charge in [0.2, 0.25) is 5.95 Å². The number of hydrazine groups is 1. The van der Waals surface area contributed by atoms with Crippen LogP contribution in [0.15, 0.2) is 24.4 Å². The summed E-state index contributed by atoms with van der Waals surface area (Å²) in [5.74, 6) is 7.75. The van der Waals surface area contributed by atoms with Crippen LogP contribution < -0.4 is 20.9 Å². The number of benzene rings is 1. The zero-order valence-corrected chi connectivity index (χ0v) is 14.4. The molecule has 0 bridgehead atoms. The first-order chi connectivity index (χ1) is 12.2. The lowest BCUT2D eigenvalue weighted by molar-refractivity contribution is 0.134. The van der Waals surface area contributed by atoms with Crippen LogP contribution >= 0.6 is 0 Å². The number of hydrogen-bond donors (Lipinski definition) is 2. The van der Waals surface area contributed by atoms with Crippen molar-refractivity contribution in [3.05, 3.63) is 41.1 Å². The van der Waals surface area contributed by atoms with Crippen LogP contribution in [0.4, 0.5) is 11.8 Å². The van der Waals surface area contributed by atoms with Gasteiger partial charge in [0, 0.05) is 37.7 Å². The molecule has 1 aromatic carbocycles. The van der Waals surface area contributed by atoms with Crippen LogP contribution in [0.1, 0.15) is 29.5 Å². The van der Waals surface area contributed by atoms with Crippen LogP contribution in [0.2, 0.25) is 0 Å². The van der Waals surface area contributed by atoms with E-state index in [4.69, 9.17) is 15.3 Å². The van der Waals surface area contributed by atoms with Crippen molar-refractivity contribution in [3.8, 4) is 5.75 Å². The number of nitrogens with one attached hydrogen (secondary N) is 1. The monoisotopic (exact) mass is 341 g/mol. The number of ether oxygens (including phenoxy) is 2. The molecule has 3 N–H and O–H groups in total. The number of nitrogen functional groups attached to an aromatic ring is 1. The van der Waals surface area contributed by atoms with Gasteiger partial charge in [0.1, 0.15) is 17.7 Å². The summed E-state index contributed by atoms with van der Waals surface area (Å²) in [6.07, 6.45) is 3.95. The highest BCUT2D eigenvalue weighted by atomic mass is 16.5. The minimum Gasteiger partial charge on any atom is -0.490 e. The molecule has 1 aromatic heterocycles. The fourth-order valence-corrected chi connectivity index (χ4v) is 3.42. The highest BCUT2D eigenvalue weighted by Gasteiger charge is 2.23. The molecule has 7 heteroatoms. The topological polar surface area (TPSA) is 85.5 Å². The number of aryl methyl sites for hydroxylation is 1. The highest BCUT2D eigenvalue weighted by molar-refractivity contribution is 5.49. The summed E-state index contributed by atoms with van der Waals surface area (Å²) >= 11 is 0. The van der Waals surface area contributed by atoms with E-state index in [-0.39, 0.29) is 6.10 Å². The second kappa shape index (κ2) is 6.85. The molecule has 0 spiro atoms. The zero-order valence-electron chi connectivity index (χ0n) is 14.4. The lowest BCUT2D eigenvalue weighted by Crippen LogP contribution is -2.39. The molecule has 0 amide bonds. The van der Waals surface area contributed by atoms with Gasteiger partial charge in [-0.15, -0.1) is 0 Å². The number of nitrogens with zero attached hydrogens (tertiary/aromatic N) is 3. The van der Waals surface area contributed by atoms with E-state index in [1.54, 1.807) is 6.20 Å². The molecule has 4 rings (SSSR count). The van der Waals surface area contributed by atoms with E-state index >= 15 is 0 Å². The maximum Gasteiger partial charge on any atom is 0.239 e. The summed E-state index contributed by atoms with van der Waals surface area (Å²) in [5.41, 5.74) is 6.08. The molecule has 0 radical (unpaired) electrons. The van der Waals surface area contributed by atoms with Crippen molar-refractivity contribution in [3.63, 3.8) is 0 Å². The molecule has 7 nitrogen and oxygen atoms in total. The summed E-state index contributed by atoms with van der Waals surface area (Å²) in [7, 11) is 0. The number of piperidine rings is 1. The van der Waals surface area contributed by atoms with Crippen LogP contribution in [0.5, 0.6) is 5.75 Å². The smallest absolute Gasteiger partial charge is 0.239 e. The Morgan fingerprint density at radius 1 is 1.24 bits per heavy atom. The number of anilines is 2. The molecule has 25 heavy (non-hydrogen) atoms. The predicted molar refractivity (Wildman–Crippen MR) is 95.4 cm³/mol. The third-order valence-corrected chi connectivity index (χ3v) is 4.81. The van der Waals surface area contributed by atoms with Gasteiger partial charge >= 0.3 is 0 Å². The molecule has 132 valence electrons. The van der Waals surface area contributed by atoms with Crippen molar-refractivity contribution in [2.45, 2.75) is 39.1 Å². The first-order valence-electron chi connectivity index (χ1n) is 8.64. The third-order valence-electron chi connectivity index (χ3n) is 4.81. The van der Waals surface area contributed by atoms with Gasteiger partial charge in [-0.25, -0.2) is 10.8 Å². The average molecular weight is 341 g/mol. The maximum absolute atomic E-state index is 6.19. The van der Waals surface area contributed by atoms with E-state index in [0.717, 1.165) is 43.1 Å². The molecule has 2 aromatic rings. The van der Waals surface area contributed by atoms with E-state index in [1.165, 1.54) is 11.1 Å². The number of rotatable bonds is 4. The largest absolute Gasteiger partial charge is 0.490 e. The Hall–Kier alpha value is -2.38. The van der Waals surface area contributed by atoms with Crippen LogP contribution in [0, 0.1) is 6.92 Å². The Kier molecular flexibility index (Phi) is 4.42. The molecular weight excluding hydrogens is 318 g/mol. The first-order valence-corrected chi connectivity index (χ1v) is 8.64. The number of hydrogen-bond acceptors (Lipinski definition) is 7. The Bertz CT molecular complexity index is 759. The third kappa shape index (κ3) is 3.38. The van der Waals surface area contributed by atoms with Crippen LogP contribution in [-0.2, 0) is 18.0 Å². The summed E-state index contributed by atoms with van der Waals surface area (Å²) < 4.78 is 11.7. The van der Waals surface area contributed by atoms with Crippen molar-refractivity contribution >= 4 is 11.8 Å². The van der Waals surface area contributed by atoms with Gasteiger partial charge in [-0.3, -0.25) is 5.43 Å². The summed E-state index contributed by atoms with van der Waals surface area (Å²) in [6.45, 7) is 5.23. The van der Waals surface area contributed by atoms with Crippen molar-refractivity contribution in [1.82, 2.24) is 9.97 Å². The fraction of sp³-hybridized carbons (Fsp3) is 0.444.